The number of para-hydroxylation sites is 1. The summed E-state index contributed by atoms with van der Waals surface area (Å²) < 4.78 is 0. The summed E-state index contributed by atoms with van der Waals surface area (Å²) in [6.07, 6.45) is 6.57. The molecule has 2 aromatic rings. The fourth-order valence-electron chi connectivity index (χ4n) is 3.54. The van der Waals surface area contributed by atoms with E-state index in [0.717, 1.165) is 31.2 Å². The molecule has 1 aliphatic rings. The van der Waals surface area contributed by atoms with Gasteiger partial charge < -0.3 is 20.7 Å². The van der Waals surface area contributed by atoms with Crippen LogP contribution in [0.25, 0.3) is 10.9 Å². The number of aromatic nitrogens is 1. The monoisotopic (exact) mass is 343 g/mol. The van der Waals surface area contributed by atoms with E-state index in [1.807, 2.05) is 18.3 Å². The second-order valence-corrected chi connectivity index (χ2v) is 6.75. The number of aryl methyl sites for hydroxylation is 1. The third kappa shape index (κ3) is 4.53. The second-order valence-electron chi connectivity index (χ2n) is 6.75. The molecule has 134 valence electrons. The average molecular weight is 343 g/mol. The number of carbonyl (C=O) groups is 2. The van der Waals surface area contributed by atoms with Crippen LogP contribution in [0, 0.1) is 5.92 Å². The third-order valence-corrected chi connectivity index (χ3v) is 5.00. The van der Waals surface area contributed by atoms with E-state index in [2.05, 4.69) is 27.8 Å². The predicted molar refractivity (Wildman–Crippen MR) is 96.5 cm³/mol. The first-order chi connectivity index (χ1) is 12.1. The van der Waals surface area contributed by atoms with Crippen molar-refractivity contribution in [3.05, 3.63) is 36.0 Å². The zero-order chi connectivity index (χ0) is 17.6. The number of amides is 2. The Morgan fingerprint density at radius 1 is 1.16 bits per heavy atom. The van der Waals surface area contributed by atoms with Gasteiger partial charge in [0.1, 0.15) is 0 Å². The molecule has 0 saturated heterocycles. The quantitative estimate of drug-likeness (QED) is 0.607. The van der Waals surface area contributed by atoms with Gasteiger partial charge in [0.05, 0.1) is 5.92 Å². The van der Waals surface area contributed by atoms with Crippen LogP contribution in [-0.4, -0.2) is 34.7 Å². The molecule has 0 unspecified atom stereocenters. The predicted octanol–water partition coefficient (Wildman–Crippen LogP) is 3.04. The van der Waals surface area contributed by atoms with Crippen LogP contribution in [0.5, 0.6) is 0 Å². The highest BCUT2D eigenvalue weighted by Gasteiger charge is 2.26. The van der Waals surface area contributed by atoms with Crippen molar-refractivity contribution in [2.75, 3.05) is 6.54 Å². The fourth-order valence-corrected chi connectivity index (χ4v) is 3.54. The molecule has 1 fully saturated rings. The van der Waals surface area contributed by atoms with Crippen molar-refractivity contribution in [2.45, 2.75) is 44.6 Å². The average Bonchev–Trinajstić information content (AvgIpc) is 3.02. The van der Waals surface area contributed by atoms with Gasteiger partial charge in [-0.2, -0.15) is 0 Å². The summed E-state index contributed by atoms with van der Waals surface area (Å²) in [4.78, 5) is 26.2. The van der Waals surface area contributed by atoms with Gasteiger partial charge >= 0.3 is 12.0 Å². The van der Waals surface area contributed by atoms with Crippen molar-refractivity contribution < 1.29 is 14.7 Å². The zero-order valence-electron chi connectivity index (χ0n) is 14.3. The van der Waals surface area contributed by atoms with E-state index >= 15 is 0 Å². The maximum Gasteiger partial charge on any atom is 0.315 e. The molecule has 0 radical (unpaired) electrons. The highest BCUT2D eigenvalue weighted by Crippen LogP contribution is 2.24. The molecule has 6 heteroatoms. The number of aliphatic carboxylic acids is 1. The van der Waals surface area contributed by atoms with Crippen LogP contribution in [0.15, 0.2) is 30.5 Å². The number of H-pyrrole nitrogens is 1. The number of urea groups is 1. The number of carboxylic acid groups (broad SMARTS) is 1. The van der Waals surface area contributed by atoms with E-state index in [1.54, 1.807) is 0 Å². The van der Waals surface area contributed by atoms with E-state index in [-0.39, 0.29) is 18.0 Å². The number of nitrogens with one attached hydrogen (secondary N) is 3. The first kappa shape index (κ1) is 17.3. The first-order valence-electron chi connectivity index (χ1n) is 8.95. The Kier molecular flexibility index (Phi) is 5.58. The molecule has 25 heavy (non-hydrogen) atoms. The smallest absolute Gasteiger partial charge is 0.315 e. The van der Waals surface area contributed by atoms with Gasteiger partial charge in [-0.3, -0.25) is 4.79 Å². The van der Waals surface area contributed by atoms with Crippen LogP contribution in [-0.2, 0) is 11.2 Å². The molecule has 1 saturated carbocycles. The van der Waals surface area contributed by atoms with E-state index in [4.69, 9.17) is 5.11 Å². The molecule has 0 spiro atoms. The van der Waals surface area contributed by atoms with E-state index in [1.165, 1.54) is 10.9 Å². The third-order valence-electron chi connectivity index (χ3n) is 5.00. The molecule has 1 aromatic heterocycles. The lowest BCUT2D eigenvalue weighted by Crippen LogP contribution is -2.44. The van der Waals surface area contributed by atoms with E-state index < -0.39 is 5.97 Å². The number of carboxylic acids is 1. The van der Waals surface area contributed by atoms with Gasteiger partial charge in [-0.25, -0.2) is 4.79 Å². The lowest BCUT2D eigenvalue weighted by molar-refractivity contribution is -0.142. The summed E-state index contributed by atoms with van der Waals surface area (Å²) in [7, 11) is 0. The summed E-state index contributed by atoms with van der Waals surface area (Å²) in [6, 6.07) is 8.14. The molecular formula is C19H25N3O3. The van der Waals surface area contributed by atoms with Crippen LogP contribution in [0.3, 0.4) is 0 Å². The Morgan fingerprint density at radius 2 is 1.92 bits per heavy atom. The lowest BCUT2D eigenvalue weighted by Gasteiger charge is -2.26. The van der Waals surface area contributed by atoms with Crippen molar-refractivity contribution in [1.82, 2.24) is 15.6 Å². The Bertz CT molecular complexity index is 732. The van der Waals surface area contributed by atoms with Crippen LogP contribution < -0.4 is 10.6 Å². The molecule has 6 nitrogen and oxygen atoms in total. The number of benzene rings is 1. The summed E-state index contributed by atoms with van der Waals surface area (Å²) >= 11 is 0. The van der Waals surface area contributed by atoms with Gasteiger partial charge in [0.2, 0.25) is 0 Å². The SMILES string of the molecule is O=C(NCCCc1c[nH]c2ccccc12)NC1CCC(C(=O)O)CC1. The molecule has 0 atom stereocenters. The van der Waals surface area contributed by atoms with Crippen molar-refractivity contribution in [3.8, 4) is 0 Å². The van der Waals surface area contributed by atoms with E-state index in [9.17, 15) is 9.59 Å². The minimum absolute atomic E-state index is 0.0872. The van der Waals surface area contributed by atoms with Crippen molar-refractivity contribution >= 4 is 22.9 Å². The van der Waals surface area contributed by atoms with Gasteiger partial charge in [-0.1, -0.05) is 18.2 Å². The Labute approximate surface area is 147 Å². The van der Waals surface area contributed by atoms with Gasteiger partial charge in [0.15, 0.2) is 0 Å². The number of rotatable bonds is 6. The van der Waals surface area contributed by atoms with Crippen LogP contribution in [0.2, 0.25) is 0 Å². The van der Waals surface area contributed by atoms with Gasteiger partial charge in [-0.05, 0) is 50.2 Å². The highest BCUT2D eigenvalue weighted by atomic mass is 16.4. The molecule has 0 aliphatic heterocycles. The van der Waals surface area contributed by atoms with Crippen LogP contribution in [0.4, 0.5) is 4.79 Å². The van der Waals surface area contributed by atoms with E-state index in [0.29, 0.717) is 19.4 Å². The standard InChI is InChI=1S/C19H25N3O3/c23-18(24)13-7-9-15(10-8-13)22-19(25)20-11-3-4-14-12-21-17-6-2-1-5-16(14)17/h1-2,5-6,12-13,15,21H,3-4,7-11H2,(H,23,24)(H2,20,22,25). The van der Waals surface area contributed by atoms with Crippen molar-refractivity contribution in [2.24, 2.45) is 5.92 Å². The Morgan fingerprint density at radius 3 is 2.68 bits per heavy atom. The second kappa shape index (κ2) is 8.05. The lowest BCUT2D eigenvalue weighted by atomic mass is 9.86. The zero-order valence-corrected chi connectivity index (χ0v) is 14.3. The normalized spacial score (nSPS) is 20.3. The van der Waals surface area contributed by atoms with Gasteiger partial charge in [-0.15, -0.1) is 0 Å². The molecule has 0 bridgehead atoms. The number of fused-ring (bicyclic) bond motifs is 1. The van der Waals surface area contributed by atoms with Crippen molar-refractivity contribution in [3.63, 3.8) is 0 Å². The maximum atomic E-state index is 12.0. The molecule has 4 N–H and O–H groups in total. The minimum atomic E-state index is -0.722. The fraction of sp³-hybridized carbons (Fsp3) is 0.474. The topological polar surface area (TPSA) is 94.2 Å². The number of aromatic amines is 1. The summed E-state index contributed by atoms with van der Waals surface area (Å²) in [5.41, 5.74) is 2.41. The first-order valence-corrected chi connectivity index (χ1v) is 8.95. The summed E-state index contributed by atoms with van der Waals surface area (Å²) in [5, 5.41) is 16.1. The minimum Gasteiger partial charge on any atom is -0.481 e. The maximum absolute atomic E-state index is 12.0. The molecule has 1 aromatic carbocycles. The molecule has 1 heterocycles. The Hall–Kier alpha value is -2.50. The van der Waals surface area contributed by atoms with Gasteiger partial charge in [0, 0.05) is 29.7 Å². The summed E-state index contributed by atoms with van der Waals surface area (Å²) in [6.45, 7) is 0.621. The van der Waals surface area contributed by atoms with Gasteiger partial charge in [0.25, 0.3) is 0 Å². The summed E-state index contributed by atoms with van der Waals surface area (Å²) in [5.74, 6) is -0.975. The molecule has 1 aliphatic carbocycles. The van der Waals surface area contributed by atoms with Crippen LogP contribution >= 0.6 is 0 Å². The number of hydrogen-bond acceptors (Lipinski definition) is 2. The number of carbonyl (C=O) groups excluding carboxylic acids is 1. The molecule has 2 amide bonds. The molecule has 3 rings (SSSR count). The Balaban J connectivity index is 1.35. The van der Waals surface area contributed by atoms with Crippen LogP contribution in [0.1, 0.15) is 37.7 Å². The van der Waals surface area contributed by atoms with Crippen molar-refractivity contribution in [1.29, 1.82) is 0 Å². The molecular weight excluding hydrogens is 318 g/mol. The largest absolute Gasteiger partial charge is 0.481 e. The highest BCUT2D eigenvalue weighted by molar-refractivity contribution is 5.83. The number of hydrogen-bond donors (Lipinski definition) is 4.